The van der Waals surface area contributed by atoms with Crippen molar-refractivity contribution < 1.29 is 4.74 Å². The van der Waals surface area contributed by atoms with Gasteiger partial charge in [-0.3, -0.25) is 0 Å². The Morgan fingerprint density at radius 1 is 1.17 bits per heavy atom. The van der Waals surface area contributed by atoms with E-state index >= 15 is 0 Å². The molecule has 0 bridgehead atoms. The van der Waals surface area contributed by atoms with E-state index in [2.05, 4.69) is 31.2 Å². The van der Waals surface area contributed by atoms with E-state index in [-0.39, 0.29) is 0 Å². The van der Waals surface area contributed by atoms with Crippen molar-refractivity contribution in [3.8, 4) is 0 Å². The van der Waals surface area contributed by atoms with Gasteiger partial charge in [-0.2, -0.15) is 0 Å². The van der Waals surface area contributed by atoms with Crippen LogP contribution in [0.25, 0.3) is 10.2 Å². The maximum absolute atomic E-state index is 6.13. The lowest BCUT2D eigenvalue weighted by molar-refractivity contribution is 0.0467. The Morgan fingerprint density at radius 3 is 3.00 bits per heavy atom. The molecular weight excluding hydrogens is 308 g/mol. The summed E-state index contributed by atoms with van der Waals surface area (Å²) in [7, 11) is 0. The van der Waals surface area contributed by atoms with Crippen molar-refractivity contribution in [1.82, 2.24) is 14.9 Å². The van der Waals surface area contributed by atoms with Crippen LogP contribution in [0, 0.1) is 0 Å². The summed E-state index contributed by atoms with van der Waals surface area (Å²) >= 11 is 1.68. The lowest BCUT2D eigenvalue weighted by Crippen LogP contribution is -2.34. The average molecular weight is 332 g/mol. The first-order chi connectivity index (χ1) is 11.4. The second-order valence-corrected chi connectivity index (χ2v) is 7.36. The SMILES string of the molecule is c1nc(N2CC[C@H](OCCN3CCCCC3)C2)c2ccsc2n1. The minimum atomic E-state index is 0.337. The molecule has 124 valence electrons. The maximum Gasteiger partial charge on any atom is 0.140 e. The maximum atomic E-state index is 6.13. The molecule has 0 unspecified atom stereocenters. The van der Waals surface area contributed by atoms with E-state index in [0.29, 0.717) is 6.10 Å². The summed E-state index contributed by atoms with van der Waals surface area (Å²) in [5.41, 5.74) is 0. The van der Waals surface area contributed by atoms with Crippen LogP contribution in [0.3, 0.4) is 0 Å². The number of hydrogen-bond donors (Lipinski definition) is 0. The van der Waals surface area contributed by atoms with Crippen molar-refractivity contribution in [1.29, 1.82) is 0 Å². The quantitative estimate of drug-likeness (QED) is 0.842. The van der Waals surface area contributed by atoms with Crippen LogP contribution in [0.1, 0.15) is 25.7 Å². The highest BCUT2D eigenvalue weighted by Gasteiger charge is 2.25. The molecule has 2 aromatic rings. The van der Waals surface area contributed by atoms with Crippen molar-refractivity contribution in [3.05, 3.63) is 17.8 Å². The molecule has 0 aromatic carbocycles. The Balaban J connectivity index is 1.30. The summed E-state index contributed by atoms with van der Waals surface area (Å²) in [4.78, 5) is 14.8. The fourth-order valence-corrected chi connectivity index (χ4v) is 4.34. The molecule has 0 aliphatic carbocycles. The van der Waals surface area contributed by atoms with Gasteiger partial charge in [0, 0.05) is 19.6 Å². The van der Waals surface area contributed by atoms with Crippen LogP contribution >= 0.6 is 11.3 Å². The van der Waals surface area contributed by atoms with E-state index in [9.17, 15) is 0 Å². The van der Waals surface area contributed by atoms with Crippen molar-refractivity contribution in [2.24, 2.45) is 0 Å². The van der Waals surface area contributed by atoms with Crippen molar-refractivity contribution in [2.75, 3.05) is 44.2 Å². The summed E-state index contributed by atoms with van der Waals surface area (Å²) < 4.78 is 6.13. The van der Waals surface area contributed by atoms with Crippen LogP contribution in [-0.2, 0) is 4.74 Å². The summed E-state index contributed by atoms with van der Waals surface area (Å²) in [5, 5.41) is 3.26. The molecule has 0 spiro atoms. The molecule has 0 saturated carbocycles. The minimum Gasteiger partial charge on any atom is -0.375 e. The standard InChI is InChI=1S/C17H24N4OS/c1-2-6-20(7-3-1)9-10-22-14-4-8-21(12-14)16-15-5-11-23-17(15)19-13-18-16/h5,11,13-14H,1-4,6-10,12H2/t14-/m0/s1. The number of nitrogens with zero attached hydrogens (tertiary/aromatic N) is 4. The number of ether oxygens (including phenoxy) is 1. The predicted molar refractivity (Wildman–Crippen MR) is 94.3 cm³/mol. The van der Waals surface area contributed by atoms with Gasteiger partial charge in [-0.15, -0.1) is 11.3 Å². The molecule has 5 nitrogen and oxygen atoms in total. The number of fused-ring (bicyclic) bond motifs is 1. The number of hydrogen-bond acceptors (Lipinski definition) is 6. The van der Waals surface area contributed by atoms with Gasteiger partial charge < -0.3 is 14.5 Å². The molecule has 1 atom stereocenters. The summed E-state index contributed by atoms with van der Waals surface area (Å²) in [5.74, 6) is 1.07. The normalized spacial score (nSPS) is 23.0. The molecule has 4 heterocycles. The molecule has 2 aliphatic rings. The Labute approximate surface area is 141 Å². The Hall–Kier alpha value is -1.24. The van der Waals surface area contributed by atoms with E-state index in [1.807, 2.05) is 0 Å². The first kappa shape index (κ1) is 15.3. The zero-order valence-corrected chi connectivity index (χ0v) is 14.3. The predicted octanol–water partition coefficient (Wildman–Crippen LogP) is 2.77. The van der Waals surface area contributed by atoms with Crippen LogP contribution in [0.4, 0.5) is 5.82 Å². The fraction of sp³-hybridized carbons (Fsp3) is 0.647. The summed E-state index contributed by atoms with van der Waals surface area (Å²) in [6.45, 7) is 6.40. The lowest BCUT2D eigenvalue weighted by atomic mass is 10.1. The van der Waals surface area contributed by atoms with Gasteiger partial charge in [0.2, 0.25) is 0 Å². The van der Waals surface area contributed by atoms with Gasteiger partial charge in [0.15, 0.2) is 0 Å². The third-order valence-electron chi connectivity index (χ3n) is 4.90. The summed E-state index contributed by atoms with van der Waals surface area (Å²) in [6.07, 6.45) is 7.20. The first-order valence-corrected chi connectivity index (χ1v) is 9.55. The number of piperidine rings is 1. The van der Waals surface area contributed by atoms with Gasteiger partial charge in [-0.05, 0) is 43.8 Å². The topological polar surface area (TPSA) is 41.5 Å². The first-order valence-electron chi connectivity index (χ1n) is 8.67. The van der Waals surface area contributed by atoms with E-state index in [1.165, 1.54) is 37.7 Å². The van der Waals surface area contributed by atoms with E-state index in [4.69, 9.17) is 4.74 Å². The third-order valence-corrected chi connectivity index (χ3v) is 5.72. The molecule has 6 heteroatoms. The van der Waals surface area contributed by atoms with Gasteiger partial charge in [-0.25, -0.2) is 9.97 Å². The monoisotopic (exact) mass is 332 g/mol. The minimum absolute atomic E-state index is 0.337. The molecule has 2 fully saturated rings. The van der Waals surface area contributed by atoms with E-state index < -0.39 is 0 Å². The second-order valence-electron chi connectivity index (χ2n) is 6.47. The largest absolute Gasteiger partial charge is 0.375 e. The Morgan fingerprint density at radius 2 is 2.09 bits per heavy atom. The molecule has 4 rings (SSSR count). The van der Waals surface area contributed by atoms with Crippen LogP contribution in [0.2, 0.25) is 0 Å². The highest BCUT2D eigenvalue weighted by molar-refractivity contribution is 7.16. The number of thiophene rings is 1. The third kappa shape index (κ3) is 3.49. The molecule has 2 aliphatic heterocycles. The fourth-order valence-electron chi connectivity index (χ4n) is 3.62. The van der Waals surface area contributed by atoms with Gasteiger partial charge >= 0.3 is 0 Å². The number of aromatic nitrogens is 2. The van der Waals surface area contributed by atoms with Crippen molar-refractivity contribution >= 4 is 27.4 Å². The molecule has 2 saturated heterocycles. The number of likely N-dealkylation sites (tertiary alicyclic amines) is 1. The van der Waals surface area contributed by atoms with Crippen molar-refractivity contribution in [3.63, 3.8) is 0 Å². The van der Waals surface area contributed by atoms with E-state index in [0.717, 1.165) is 43.3 Å². The van der Waals surface area contributed by atoms with Crippen LogP contribution in [0.5, 0.6) is 0 Å². The second kappa shape index (κ2) is 7.11. The van der Waals surface area contributed by atoms with Gasteiger partial charge in [0.25, 0.3) is 0 Å². The smallest absolute Gasteiger partial charge is 0.140 e. The van der Waals surface area contributed by atoms with Crippen LogP contribution in [0.15, 0.2) is 17.8 Å². The zero-order chi connectivity index (χ0) is 15.5. The summed E-state index contributed by atoms with van der Waals surface area (Å²) in [6, 6.07) is 2.12. The molecule has 0 radical (unpaired) electrons. The van der Waals surface area contributed by atoms with Crippen LogP contribution < -0.4 is 4.90 Å². The Kier molecular flexibility index (Phi) is 4.73. The molecular formula is C17H24N4OS. The Bertz CT molecular complexity index is 640. The average Bonchev–Trinajstić information content (AvgIpc) is 3.24. The molecule has 2 aromatic heterocycles. The van der Waals surface area contributed by atoms with Gasteiger partial charge in [-0.1, -0.05) is 6.42 Å². The van der Waals surface area contributed by atoms with Crippen molar-refractivity contribution in [2.45, 2.75) is 31.8 Å². The molecule has 0 amide bonds. The highest BCUT2D eigenvalue weighted by atomic mass is 32.1. The lowest BCUT2D eigenvalue weighted by Gasteiger charge is -2.26. The van der Waals surface area contributed by atoms with Crippen LogP contribution in [-0.4, -0.2) is 60.3 Å². The van der Waals surface area contributed by atoms with E-state index in [1.54, 1.807) is 17.7 Å². The molecule has 23 heavy (non-hydrogen) atoms. The molecule has 0 N–H and O–H groups in total. The van der Waals surface area contributed by atoms with Gasteiger partial charge in [0.1, 0.15) is 17.0 Å². The number of anilines is 1. The number of rotatable bonds is 5. The zero-order valence-electron chi connectivity index (χ0n) is 13.5. The highest BCUT2D eigenvalue weighted by Crippen LogP contribution is 2.29. The van der Waals surface area contributed by atoms with Gasteiger partial charge in [0.05, 0.1) is 18.1 Å².